The van der Waals surface area contributed by atoms with Crippen LogP contribution < -0.4 is 15.4 Å². The molecule has 4 amide bonds. The predicted molar refractivity (Wildman–Crippen MR) is 214 cm³/mol. The summed E-state index contributed by atoms with van der Waals surface area (Å²) in [4.78, 5) is 70.0. The molecule has 3 aliphatic heterocycles. The number of carbonyl (C=O) groups excluding carboxylic acids is 3. The Balaban J connectivity index is 1.02. The number of methoxy groups -OCH3 is 1. The summed E-state index contributed by atoms with van der Waals surface area (Å²) < 4.78 is 29.3. The normalized spacial score (nSPS) is 18.4. The number of fused-ring (bicyclic) bond motifs is 5. The van der Waals surface area contributed by atoms with Gasteiger partial charge >= 0.3 is 12.2 Å². The molecule has 4 atom stereocenters. The number of carbonyl (C=O) groups is 4. The molecule has 0 saturated carbocycles. The fourth-order valence-electron chi connectivity index (χ4n) is 8.66. The largest absolute Gasteiger partial charge is 0.472 e. The summed E-state index contributed by atoms with van der Waals surface area (Å²) in [6, 6.07) is 8.86. The molecule has 5 aromatic rings. The van der Waals surface area contributed by atoms with E-state index in [4.69, 9.17) is 9.47 Å². The Morgan fingerprint density at radius 3 is 1.97 bits per heavy atom. The van der Waals surface area contributed by atoms with Crippen molar-refractivity contribution < 1.29 is 38.1 Å². The lowest BCUT2D eigenvalue weighted by Gasteiger charge is -2.30. The van der Waals surface area contributed by atoms with Crippen LogP contribution in [0.4, 0.5) is 14.0 Å². The summed E-state index contributed by atoms with van der Waals surface area (Å²) in [7, 11) is 1.27. The van der Waals surface area contributed by atoms with Crippen molar-refractivity contribution in [2.45, 2.75) is 84.3 Å². The molecule has 2 fully saturated rings. The van der Waals surface area contributed by atoms with Gasteiger partial charge < -0.3 is 49.5 Å². The van der Waals surface area contributed by atoms with Gasteiger partial charge in [0.25, 0.3) is 0 Å². The minimum absolute atomic E-state index is 0.0995. The van der Waals surface area contributed by atoms with Gasteiger partial charge in [0, 0.05) is 35.2 Å². The third kappa shape index (κ3) is 7.22. The van der Waals surface area contributed by atoms with E-state index >= 15 is 4.39 Å². The van der Waals surface area contributed by atoms with E-state index in [1.54, 1.807) is 42.1 Å². The van der Waals surface area contributed by atoms with E-state index < -0.39 is 24.3 Å². The molecule has 2 aromatic carbocycles. The van der Waals surface area contributed by atoms with Crippen molar-refractivity contribution in [1.29, 1.82) is 0 Å². The first-order valence-corrected chi connectivity index (χ1v) is 20.0. The Morgan fingerprint density at radius 2 is 1.41 bits per heavy atom. The number of nitrogens with zero attached hydrogens (tertiary/aromatic N) is 5. The summed E-state index contributed by atoms with van der Waals surface area (Å²) >= 11 is 0. The predicted octanol–water partition coefficient (Wildman–Crippen LogP) is 6.58. The van der Waals surface area contributed by atoms with Gasteiger partial charge in [0.2, 0.25) is 11.8 Å². The molecule has 0 radical (unpaired) electrons. The second-order valence-corrected chi connectivity index (χ2v) is 16.1. The molecule has 0 spiro atoms. The second kappa shape index (κ2) is 15.8. The van der Waals surface area contributed by atoms with Crippen molar-refractivity contribution in [3.8, 4) is 39.5 Å². The lowest BCUT2D eigenvalue weighted by Crippen LogP contribution is -2.51. The summed E-state index contributed by atoms with van der Waals surface area (Å²) in [5.74, 6) is 0.502. The number of aromatic amines is 2. The van der Waals surface area contributed by atoms with Crippen molar-refractivity contribution in [3.63, 3.8) is 0 Å². The maximum Gasteiger partial charge on any atom is 0.407 e. The minimum atomic E-state index is -1.24. The Morgan fingerprint density at radius 1 is 0.847 bits per heavy atom. The molecule has 8 rings (SSSR count). The standard InChI is InChI=1S/C42H48FN9O7/c1-21(2)34(48-41(55)56)39(53)50-14-6-8-30(50)38-45-19-28(47-38)24-10-12-25-32(17-24)59-20-52-29-13-11-23(16-26(29)33(43)36(25)52)27-18-44-37(46-27)31-9-7-15-51(31)40(54)35(22(3)4)49-42(57)58-5/h10-13,16-19,21-22,30-31,34-35,48H,6-9,14-15,20H2,1-5H3,(H,44,46)(H,45,47)(H,49,57)(H,55,56)/t30-,31-,34-,35-/m0/s1. The van der Waals surface area contributed by atoms with Gasteiger partial charge in [0.1, 0.15) is 29.5 Å². The van der Waals surface area contributed by atoms with E-state index in [2.05, 4.69) is 30.6 Å². The number of aromatic nitrogens is 5. The average molecular weight is 810 g/mol. The van der Waals surface area contributed by atoms with Crippen molar-refractivity contribution in [2.75, 3.05) is 20.2 Å². The number of alkyl carbamates (subject to hydrolysis) is 1. The van der Waals surface area contributed by atoms with E-state index in [0.29, 0.717) is 76.9 Å². The molecule has 6 heterocycles. The Bertz CT molecular complexity index is 2440. The van der Waals surface area contributed by atoms with Crippen LogP contribution in [0.25, 0.3) is 44.7 Å². The fourth-order valence-corrected chi connectivity index (χ4v) is 8.66. The number of halogens is 1. The minimum Gasteiger partial charge on any atom is -0.472 e. The van der Waals surface area contributed by atoms with Gasteiger partial charge in [-0.2, -0.15) is 0 Å². The number of H-pyrrole nitrogens is 2. The van der Waals surface area contributed by atoms with Crippen molar-refractivity contribution >= 4 is 34.9 Å². The maximum absolute atomic E-state index is 16.5. The zero-order chi connectivity index (χ0) is 41.7. The zero-order valence-electron chi connectivity index (χ0n) is 33.5. The molecule has 5 N–H and O–H groups in total. The average Bonchev–Trinajstić information content (AvgIpc) is 4.08. The van der Waals surface area contributed by atoms with Gasteiger partial charge in [-0.1, -0.05) is 39.8 Å². The number of hydrogen-bond donors (Lipinski definition) is 5. The van der Waals surface area contributed by atoms with Gasteiger partial charge in [-0.25, -0.2) is 23.9 Å². The highest BCUT2D eigenvalue weighted by atomic mass is 19.1. The maximum atomic E-state index is 16.5. The van der Waals surface area contributed by atoms with Crippen LogP contribution in [-0.2, 0) is 21.1 Å². The number of benzene rings is 2. The molecule has 0 aliphatic carbocycles. The van der Waals surface area contributed by atoms with Crippen LogP contribution in [0.15, 0.2) is 48.8 Å². The van der Waals surface area contributed by atoms with Crippen molar-refractivity contribution in [2.24, 2.45) is 11.8 Å². The molecule has 0 unspecified atom stereocenters. The van der Waals surface area contributed by atoms with E-state index in [1.807, 2.05) is 48.7 Å². The molecule has 3 aliphatic rings. The van der Waals surface area contributed by atoms with Gasteiger partial charge in [0.05, 0.1) is 54.2 Å². The number of nitrogens with one attached hydrogen (secondary N) is 4. The second-order valence-electron chi connectivity index (χ2n) is 16.1. The fraction of sp³-hybridized carbons (Fsp3) is 0.429. The van der Waals surface area contributed by atoms with Gasteiger partial charge in [0.15, 0.2) is 12.5 Å². The van der Waals surface area contributed by atoms with Gasteiger partial charge in [-0.3, -0.25) is 9.59 Å². The summed E-state index contributed by atoms with van der Waals surface area (Å²) in [6.07, 6.45) is 4.43. The number of ether oxygens (including phenoxy) is 2. The molecule has 0 bridgehead atoms. The first-order chi connectivity index (χ1) is 28.3. The molecule has 17 heteroatoms. The van der Waals surface area contributed by atoms with Crippen LogP contribution in [0.1, 0.15) is 77.1 Å². The Labute approximate surface area is 339 Å². The third-order valence-corrected chi connectivity index (χ3v) is 11.7. The van der Waals surface area contributed by atoms with E-state index in [0.717, 1.165) is 24.0 Å². The first kappa shape index (κ1) is 39.4. The number of hydrogen-bond acceptors (Lipinski definition) is 8. The topological polar surface area (TPSA) is 200 Å². The molecular formula is C42H48FN9O7. The van der Waals surface area contributed by atoms with Crippen LogP contribution in [0.5, 0.6) is 5.75 Å². The van der Waals surface area contributed by atoms with Crippen LogP contribution in [0, 0.1) is 17.7 Å². The van der Waals surface area contributed by atoms with Crippen LogP contribution in [0.2, 0.25) is 0 Å². The van der Waals surface area contributed by atoms with Gasteiger partial charge in [-0.05, 0) is 61.8 Å². The van der Waals surface area contributed by atoms with Crippen molar-refractivity contribution in [1.82, 2.24) is 44.9 Å². The number of carboxylic acid groups (broad SMARTS) is 1. The summed E-state index contributed by atoms with van der Waals surface area (Å²) in [5, 5.41) is 14.8. The Kier molecular flexibility index (Phi) is 10.5. The molecule has 59 heavy (non-hydrogen) atoms. The summed E-state index contributed by atoms with van der Waals surface area (Å²) in [6.45, 7) is 8.48. The van der Waals surface area contributed by atoms with Crippen LogP contribution >= 0.6 is 0 Å². The lowest BCUT2D eigenvalue weighted by molar-refractivity contribution is -0.136. The first-order valence-electron chi connectivity index (χ1n) is 20.0. The quantitative estimate of drug-likeness (QED) is 0.103. The number of imidazole rings is 2. The Hall–Kier alpha value is -6.39. The monoisotopic (exact) mass is 809 g/mol. The highest BCUT2D eigenvalue weighted by molar-refractivity contribution is 5.93. The summed E-state index contributed by atoms with van der Waals surface area (Å²) in [5.41, 5.74) is 4.57. The van der Waals surface area contributed by atoms with Crippen molar-refractivity contribution in [3.05, 3.63) is 66.3 Å². The van der Waals surface area contributed by atoms with Crippen LogP contribution in [-0.4, -0.2) is 95.7 Å². The van der Waals surface area contributed by atoms with Gasteiger partial charge in [-0.15, -0.1) is 0 Å². The SMILES string of the molecule is COC(=O)N[C@H](C(=O)N1CCC[C@H]1c1ncc(-c2ccc3c(c2)c(F)c2n3COc3cc(-c4cnc([C@@H]5CCCN5C(=O)[C@@H](NC(=O)O)C(C)C)[nH]4)ccc3-2)[nH]1)C(C)C. The molecule has 16 nitrogen and oxygen atoms in total. The van der Waals surface area contributed by atoms with E-state index in [9.17, 15) is 24.3 Å². The van der Waals surface area contributed by atoms with E-state index in [1.165, 1.54) is 7.11 Å². The number of likely N-dealkylation sites (tertiary alicyclic amines) is 2. The molecule has 2 saturated heterocycles. The molecular weight excluding hydrogens is 762 g/mol. The highest BCUT2D eigenvalue weighted by Gasteiger charge is 2.39. The highest BCUT2D eigenvalue weighted by Crippen LogP contribution is 2.44. The van der Waals surface area contributed by atoms with Crippen LogP contribution in [0.3, 0.4) is 0 Å². The number of rotatable bonds is 10. The molecule has 3 aromatic heterocycles. The lowest BCUT2D eigenvalue weighted by atomic mass is 10.0. The zero-order valence-corrected chi connectivity index (χ0v) is 33.5. The van der Waals surface area contributed by atoms with E-state index in [-0.39, 0.29) is 48.3 Å². The molecule has 310 valence electrons. The smallest absolute Gasteiger partial charge is 0.407 e. The third-order valence-electron chi connectivity index (χ3n) is 11.7. The number of amides is 4.